The van der Waals surface area contributed by atoms with Gasteiger partial charge in [0, 0.05) is 18.0 Å². The standard InChI is InChI=1S/C11H14ClN.C5H6O5/c1-8-7-13-5-4-9-2-3-10(12)6-11(8)9;6-3(5(9)10)1-2-4(7)8/h2-3,6,8,13H,4-5,7H2,1H3;1-2H2,(H,7,8)(H,9,10)/t8-;/m0./s1. The summed E-state index contributed by atoms with van der Waals surface area (Å²) < 4.78 is 0. The van der Waals surface area contributed by atoms with Crippen molar-refractivity contribution in [3.8, 4) is 0 Å². The topological polar surface area (TPSA) is 104 Å². The quantitative estimate of drug-likeness (QED) is 0.724. The molecular weight excluding hydrogens is 322 g/mol. The van der Waals surface area contributed by atoms with Crippen LogP contribution in [0.1, 0.15) is 36.8 Å². The Morgan fingerprint density at radius 1 is 1.26 bits per heavy atom. The van der Waals surface area contributed by atoms with Crippen molar-refractivity contribution in [2.24, 2.45) is 0 Å². The number of benzene rings is 1. The highest BCUT2D eigenvalue weighted by atomic mass is 35.5. The SMILES string of the molecule is C[C@H]1CNCCc2ccc(Cl)cc21.O=C(O)CCC(=O)C(=O)O. The van der Waals surface area contributed by atoms with E-state index in [2.05, 4.69) is 24.4 Å². The first-order valence-electron chi connectivity index (χ1n) is 7.28. The van der Waals surface area contributed by atoms with E-state index in [1.165, 1.54) is 11.1 Å². The fourth-order valence-electron chi connectivity index (χ4n) is 2.23. The van der Waals surface area contributed by atoms with Crippen molar-refractivity contribution >= 4 is 29.3 Å². The highest BCUT2D eigenvalue weighted by molar-refractivity contribution is 6.32. The van der Waals surface area contributed by atoms with Gasteiger partial charge in [-0.3, -0.25) is 9.59 Å². The van der Waals surface area contributed by atoms with Gasteiger partial charge in [-0.25, -0.2) is 4.79 Å². The van der Waals surface area contributed by atoms with Crippen molar-refractivity contribution in [1.82, 2.24) is 5.32 Å². The lowest BCUT2D eigenvalue weighted by Crippen LogP contribution is -2.18. The van der Waals surface area contributed by atoms with Gasteiger partial charge in [-0.15, -0.1) is 0 Å². The van der Waals surface area contributed by atoms with Gasteiger partial charge in [-0.2, -0.15) is 0 Å². The molecule has 0 aliphatic carbocycles. The molecule has 1 aliphatic rings. The van der Waals surface area contributed by atoms with Crippen LogP contribution in [0.3, 0.4) is 0 Å². The lowest BCUT2D eigenvalue weighted by Gasteiger charge is -2.11. The van der Waals surface area contributed by atoms with Gasteiger partial charge in [0.25, 0.3) is 0 Å². The Bertz CT molecular complexity index is 588. The second-order valence-corrected chi connectivity index (χ2v) is 5.76. The van der Waals surface area contributed by atoms with Crippen LogP contribution in [0.5, 0.6) is 0 Å². The summed E-state index contributed by atoms with van der Waals surface area (Å²) in [4.78, 5) is 29.7. The number of halogens is 1. The highest BCUT2D eigenvalue weighted by Gasteiger charge is 2.14. The number of carbonyl (C=O) groups excluding carboxylic acids is 1. The van der Waals surface area contributed by atoms with Crippen molar-refractivity contribution in [2.45, 2.75) is 32.1 Å². The van der Waals surface area contributed by atoms with E-state index in [4.69, 9.17) is 21.8 Å². The van der Waals surface area contributed by atoms with Gasteiger partial charge in [0.05, 0.1) is 6.42 Å². The Labute approximate surface area is 139 Å². The van der Waals surface area contributed by atoms with Crippen LogP contribution >= 0.6 is 11.6 Å². The average Bonchev–Trinajstić information content (AvgIpc) is 2.67. The van der Waals surface area contributed by atoms with E-state index in [-0.39, 0.29) is 0 Å². The maximum atomic E-state index is 10.2. The Hall–Kier alpha value is -1.92. The fourth-order valence-corrected chi connectivity index (χ4v) is 2.41. The molecule has 0 aromatic heterocycles. The molecule has 0 bridgehead atoms. The third-order valence-corrected chi connectivity index (χ3v) is 3.70. The van der Waals surface area contributed by atoms with Crippen LogP contribution in [0.25, 0.3) is 0 Å². The smallest absolute Gasteiger partial charge is 0.372 e. The molecule has 1 aromatic carbocycles. The van der Waals surface area contributed by atoms with Gasteiger partial charge in [0.1, 0.15) is 0 Å². The van der Waals surface area contributed by atoms with Crippen molar-refractivity contribution in [1.29, 1.82) is 0 Å². The van der Waals surface area contributed by atoms with E-state index in [1.54, 1.807) is 0 Å². The van der Waals surface area contributed by atoms with Crippen molar-refractivity contribution in [3.63, 3.8) is 0 Å². The maximum Gasteiger partial charge on any atom is 0.372 e. The Balaban J connectivity index is 0.000000241. The van der Waals surface area contributed by atoms with Crippen LogP contribution in [0, 0.1) is 0 Å². The van der Waals surface area contributed by atoms with Crippen LogP contribution in [0.4, 0.5) is 0 Å². The summed E-state index contributed by atoms with van der Waals surface area (Å²) in [6.45, 7) is 4.39. The number of hydrogen-bond acceptors (Lipinski definition) is 4. The number of carboxylic acids is 2. The predicted molar refractivity (Wildman–Crippen MR) is 86.0 cm³/mol. The molecule has 6 nitrogen and oxygen atoms in total. The molecule has 1 aliphatic heterocycles. The Morgan fingerprint density at radius 3 is 2.57 bits per heavy atom. The normalized spacial score (nSPS) is 16.3. The first-order valence-corrected chi connectivity index (χ1v) is 7.66. The van der Waals surface area contributed by atoms with Crippen molar-refractivity contribution in [2.75, 3.05) is 13.1 Å². The molecule has 0 saturated heterocycles. The molecule has 2 rings (SSSR count). The van der Waals surface area contributed by atoms with Crippen LogP contribution in [0.2, 0.25) is 5.02 Å². The summed E-state index contributed by atoms with van der Waals surface area (Å²) >= 11 is 5.97. The zero-order chi connectivity index (χ0) is 17.4. The zero-order valence-electron chi connectivity index (χ0n) is 12.8. The molecule has 1 heterocycles. The van der Waals surface area contributed by atoms with Crippen LogP contribution < -0.4 is 5.32 Å². The average molecular weight is 342 g/mol. The van der Waals surface area contributed by atoms with E-state index in [9.17, 15) is 14.4 Å². The summed E-state index contributed by atoms with van der Waals surface area (Å²) in [7, 11) is 0. The van der Waals surface area contributed by atoms with Crippen LogP contribution in [-0.4, -0.2) is 41.0 Å². The number of carboxylic acid groups (broad SMARTS) is 2. The summed E-state index contributed by atoms with van der Waals surface area (Å²) in [5.74, 6) is -3.24. The van der Waals surface area contributed by atoms with Crippen LogP contribution in [0.15, 0.2) is 18.2 Å². The van der Waals surface area contributed by atoms with Gasteiger partial charge in [0.2, 0.25) is 5.78 Å². The number of nitrogens with one attached hydrogen (secondary N) is 1. The minimum atomic E-state index is -1.58. The van der Waals surface area contributed by atoms with Gasteiger partial charge in [0.15, 0.2) is 0 Å². The summed E-state index contributed by atoms with van der Waals surface area (Å²) in [6, 6.07) is 6.24. The van der Waals surface area contributed by atoms with Crippen LogP contribution in [-0.2, 0) is 20.8 Å². The number of carbonyl (C=O) groups is 3. The molecule has 0 radical (unpaired) electrons. The summed E-state index contributed by atoms with van der Waals surface area (Å²) in [6.07, 6.45) is 0.257. The molecule has 1 atom stereocenters. The first-order chi connectivity index (χ1) is 10.8. The van der Waals surface area contributed by atoms with Gasteiger partial charge in [-0.05, 0) is 42.1 Å². The first kappa shape index (κ1) is 19.1. The number of rotatable bonds is 4. The molecule has 126 valence electrons. The molecule has 0 amide bonds. The van der Waals surface area contributed by atoms with E-state index in [0.29, 0.717) is 5.92 Å². The Kier molecular flexibility index (Phi) is 7.71. The summed E-state index contributed by atoms with van der Waals surface area (Å²) in [5, 5.41) is 20.2. The highest BCUT2D eigenvalue weighted by Crippen LogP contribution is 2.25. The number of ketones is 1. The number of fused-ring (bicyclic) bond motifs is 1. The number of hydrogen-bond donors (Lipinski definition) is 3. The lowest BCUT2D eigenvalue weighted by molar-refractivity contribution is -0.149. The zero-order valence-corrected chi connectivity index (χ0v) is 13.6. The van der Waals surface area contributed by atoms with Gasteiger partial charge >= 0.3 is 11.9 Å². The molecular formula is C16H20ClNO5. The number of Topliss-reactive ketones (excluding diaryl/α,β-unsaturated/α-hetero) is 1. The fraction of sp³-hybridized carbons (Fsp3) is 0.438. The monoisotopic (exact) mass is 341 g/mol. The minimum absolute atomic E-state index is 0.425. The van der Waals surface area contributed by atoms with Crippen molar-refractivity contribution < 1.29 is 24.6 Å². The molecule has 7 heteroatoms. The number of aliphatic carboxylic acids is 2. The molecule has 3 N–H and O–H groups in total. The minimum Gasteiger partial charge on any atom is -0.481 e. The van der Waals surface area contributed by atoms with Gasteiger partial charge in [-0.1, -0.05) is 24.6 Å². The third-order valence-electron chi connectivity index (χ3n) is 3.46. The van der Waals surface area contributed by atoms with E-state index >= 15 is 0 Å². The second kappa shape index (κ2) is 9.27. The maximum absolute atomic E-state index is 10.2. The largest absolute Gasteiger partial charge is 0.481 e. The molecule has 0 fully saturated rings. The van der Waals surface area contributed by atoms with E-state index in [0.717, 1.165) is 24.5 Å². The Morgan fingerprint density at radius 2 is 1.96 bits per heavy atom. The lowest BCUT2D eigenvalue weighted by atomic mass is 9.96. The van der Waals surface area contributed by atoms with E-state index in [1.807, 2.05) is 6.07 Å². The molecule has 0 saturated carbocycles. The van der Waals surface area contributed by atoms with E-state index < -0.39 is 30.6 Å². The second-order valence-electron chi connectivity index (χ2n) is 5.32. The third kappa shape index (κ3) is 6.80. The van der Waals surface area contributed by atoms with Crippen molar-refractivity contribution in [3.05, 3.63) is 34.3 Å². The molecule has 0 unspecified atom stereocenters. The molecule has 0 spiro atoms. The molecule has 1 aromatic rings. The molecule has 23 heavy (non-hydrogen) atoms. The van der Waals surface area contributed by atoms with Gasteiger partial charge < -0.3 is 15.5 Å². The predicted octanol–water partition coefficient (Wildman–Crippen LogP) is 2.09. The summed E-state index contributed by atoms with van der Waals surface area (Å²) in [5.41, 5.74) is 2.86.